The van der Waals surface area contributed by atoms with E-state index in [2.05, 4.69) is 12.2 Å². The average Bonchev–Trinajstić information content (AvgIpc) is 2.11. The number of nitrogens with one attached hydrogen (secondary N) is 1. The summed E-state index contributed by atoms with van der Waals surface area (Å²) in [6.07, 6.45) is 2.01. The highest BCUT2D eigenvalue weighted by Gasteiger charge is 1.96. The van der Waals surface area contributed by atoms with Crippen molar-refractivity contribution >= 4 is 10.8 Å². The molecule has 0 aliphatic rings. The summed E-state index contributed by atoms with van der Waals surface area (Å²) < 4.78 is 16.1. The zero-order valence-corrected chi connectivity index (χ0v) is 9.49. The molecule has 0 aromatic heterocycles. The Morgan fingerprint density at radius 3 is 2.69 bits per heavy atom. The van der Waals surface area contributed by atoms with Crippen LogP contribution >= 0.6 is 0 Å². The summed E-state index contributed by atoms with van der Waals surface area (Å²) in [5.74, 6) is 1.67. The maximum absolute atomic E-state index is 11.2. The fourth-order valence-corrected chi connectivity index (χ4v) is 2.11. The molecule has 1 atom stereocenters. The van der Waals surface area contributed by atoms with E-state index in [1.807, 2.05) is 0 Å². The standard InChI is InChI=1S/C9H21NO2S/c1-3-8-13(11)9-4-5-10-6-7-12-2/h10H,3-9H2,1-2H3. The lowest BCUT2D eigenvalue weighted by atomic mass is 10.5. The lowest BCUT2D eigenvalue weighted by molar-refractivity contribution is 0.199. The molecule has 0 aliphatic heterocycles. The van der Waals surface area contributed by atoms with E-state index < -0.39 is 10.8 Å². The SMILES string of the molecule is CCCS(=O)CCCNCCOC. The highest BCUT2D eigenvalue weighted by atomic mass is 32.2. The van der Waals surface area contributed by atoms with E-state index in [-0.39, 0.29) is 0 Å². The van der Waals surface area contributed by atoms with Crippen LogP contribution in [0.5, 0.6) is 0 Å². The Bertz CT molecular complexity index is 131. The molecule has 13 heavy (non-hydrogen) atoms. The van der Waals surface area contributed by atoms with Gasteiger partial charge in [-0.25, -0.2) is 0 Å². The number of hydrogen-bond donors (Lipinski definition) is 1. The van der Waals surface area contributed by atoms with Gasteiger partial charge in [0, 0.05) is 36.0 Å². The molecule has 80 valence electrons. The molecule has 0 heterocycles. The normalized spacial score (nSPS) is 13.1. The quantitative estimate of drug-likeness (QED) is 0.568. The molecule has 1 N–H and O–H groups in total. The predicted octanol–water partition coefficient (Wildman–Crippen LogP) is 0.771. The van der Waals surface area contributed by atoms with Crippen LogP contribution in [0.1, 0.15) is 19.8 Å². The molecule has 0 fully saturated rings. The highest BCUT2D eigenvalue weighted by molar-refractivity contribution is 7.84. The van der Waals surface area contributed by atoms with E-state index in [1.165, 1.54) is 0 Å². The van der Waals surface area contributed by atoms with Gasteiger partial charge in [0.25, 0.3) is 0 Å². The Kier molecular flexibility index (Phi) is 10.2. The van der Waals surface area contributed by atoms with E-state index in [9.17, 15) is 4.21 Å². The maximum atomic E-state index is 11.2. The third kappa shape index (κ3) is 9.99. The minimum atomic E-state index is -0.599. The molecule has 0 radical (unpaired) electrons. The van der Waals surface area contributed by atoms with E-state index in [1.54, 1.807) is 7.11 Å². The third-order valence-corrected chi connectivity index (χ3v) is 3.25. The van der Waals surface area contributed by atoms with Crippen LogP contribution in [-0.2, 0) is 15.5 Å². The number of hydrogen-bond acceptors (Lipinski definition) is 3. The number of ether oxygens (including phenoxy) is 1. The second-order valence-electron chi connectivity index (χ2n) is 2.94. The minimum Gasteiger partial charge on any atom is -0.383 e. The van der Waals surface area contributed by atoms with Crippen LogP contribution in [0.4, 0.5) is 0 Å². The van der Waals surface area contributed by atoms with Gasteiger partial charge in [-0.2, -0.15) is 0 Å². The van der Waals surface area contributed by atoms with Crippen molar-refractivity contribution in [1.82, 2.24) is 5.32 Å². The van der Waals surface area contributed by atoms with Gasteiger partial charge in [-0.05, 0) is 19.4 Å². The van der Waals surface area contributed by atoms with Crippen LogP contribution in [0, 0.1) is 0 Å². The molecule has 0 aromatic rings. The van der Waals surface area contributed by atoms with Gasteiger partial charge in [0.15, 0.2) is 0 Å². The van der Waals surface area contributed by atoms with Crippen molar-refractivity contribution in [2.24, 2.45) is 0 Å². The van der Waals surface area contributed by atoms with Crippen molar-refractivity contribution in [1.29, 1.82) is 0 Å². The minimum absolute atomic E-state index is 0.599. The molecular weight excluding hydrogens is 186 g/mol. The summed E-state index contributed by atoms with van der Waals surface area (Å²) in [6, 6.07) is 0. The Labute approximate surface area is 83.7 Å². The molecule has 0 spiro atoms. The molecule has 1 unspecified atom stereocenters. The summed E-state index contributed by atoms with van der Waals surface area (Å²) >= 11 is 0. The Morgan fingerprint density at radius 1 is 1.31 bits per heavy atom. The second kappa shape index (κ2) is 10.2. The van der Waals surface area contributed by atoms with Crippen LogP contribution in [0.25, 0.3) is 0 Å². The molecule has 0 amide bonds. The smallest absolute Gasteiger partial charge is 0.0587 e. The zero-order chi connectivity index (χ0) is 9.94. The van der Waals surface area contributed by atoms with Gasteiger partial charge in [-0.15, -0.1) is 0 Å². The molecule has 0 rings (SSSR count). The zero-order valence-electron chi connectivity index (χ0n) is 8.67. The maximum Gasteiger partial charge on any atom is 0.0587 e. The lowest BCUT2D eigenvalue weighted by Gasteiger charge is -2.03. The molecular formula is C9H21NO2S. The van der Waals surface area contributed by atoms with Crippen LogP contribution in [0.15, 0.2) is 0 Å². The Hall–Kier alpha value is 0.0700. The summed E-state index contributed by atoms with van der Waals surface area (Å²) in [5.41, 5.74) is 0. The largest absolute Gasteiger partial charge is 0.383 e. The number of rotatable bonds is 9. The Morgan fingerprint density at radius 2 is 2.08 bits per heavy atom. The van der Waals surface area contributed by atoms with Crippen LogP contribution in [0.2, 0.25) is 0 Å². The van der Waals surface area contributed by atoms with Gasteiger partial charge in [0.1, 0.15) is 0 Å². The second-order valence-corrected chi connectivity index (χ2v) is 4.64. The van der Waals surface area contributed by atoms with Gasteiger partial charge in [0.2, 0.25) is 0 Å². The fraction of sp³-hybridized carbons (Fsp3) is 1.00. The van der Waals surface area contributed by atoms with E-state index >= 15 is 0 Å². The van der Waals surface area contributed by atoms with Gasteiger partial charge >= 0.3 is 0 Å². The summed E-state index contributed by atoms with van der Waals surface area (Å²) in [5, 5.41) is 3.22. The first-order valence-electron chi connectivity index (χ1n) is 4.86. The van der Waals surface area contributed by atoms with Crippen LogP contribution < -0.4 is 5.32 Å². The van der Waals surface area contributed by atoms with Gasteiger partial charge in [0.05, 0.1) is 6.61 Å². The van der Waals surface area contributed by atoms with Crippen LogP contribution in [0.3, 0.4) is 0 Å². The van der Waals surface area contributed by atoms with E-state index in [4.69, 9.17) is 4.74 Å². The molecule has 0 aromatic carbocycles. The fourth-order valence-electron chi connectivity index (χ4n) is 0.987. The summed E-state index contributed by atoms with van der Waals surface area (Å²) in [6.45, 7) is 4.64. The first-order valence-corrected chi connectivity index (χ1v) is 6.34. The summed E-state index contributed by atoms with van der Waals surface area (Å²) in [4.78, 5) is 0. The first kappa shape index (κ1) is 13.1. The van der Waals surface area contributed by atoms with E-state index in [0.717, 1.165) is 44.0 Å². The van der Waals surface area contributed by atoms with Crippen molar-refractivity contribution in [2.45, 2.75) is 19.8 Å². The van der Waals surface area contributed by atoms with Crippen LogP contribution in [-0.4, -0.2) is 42.5 Å². The van der Waals surface area contributed by atoms with Gasteiger partial charge in [-0.3, -0.25) is 4.21 Å². The topological polar surface area (TPSA) is 38.3 Å². The van der Waals surface area contributed by atoms with E-state index in [0.29, 0.717) is 0 Å². The lowest BCUT2D eigenvalue weighted by Crippen LogP contribution is -2.21. The number of methoxy groups -OCH3 is 1. The molecule has 0 saturated heterocycles. The van der Waals surface area contributed by atoms with Crippen molar-refractivity contribution < 1.29 is 8.95 Å². The highest BCUT2D eigenvalue weighted by Crippen LogP contribution is 1.89. The van der Waals surface area contributed by atoms with Gasteiger partial charge < -0.3 is 10.1 Å². The molecule has 4 heteroatoms. The van der Waals surface area contributed by atoms with Crippen molar-refractivity contribution in [3.63, 3.8) is 0 Å². The molecule has 3 nitrogen and oxygen atoms in total. The monoisotopic (exact) mass is 207 g/mol. The molecule has 0 bridgehead atoms. The van der Waals surface area contributed by atoms with Crippen molar-refractivity contribution in [3.8, 4) is 0 Å². The van der Waals surface area contributed by atoms with Crippen molar-refractivity contribution in [2.75, 3.05) is 38.3 Å². The Balaban J connectivity index is 3.02. The van der Waals surface area contributed by atoms with Gasteiger partial charge in [-0.1, -0.05) is 6.92 Å². The molecule has 0 aliphatic carbocycles. The first-order chi connectivity index (χ1) is 6.31. The van der Waals surface area contributed by atoms with Crippen molar-refractivity contribution in [3.05, 3.63) is 0 Å². The summed E-state index contributed by atoms with van der Waals surface area (Å²) in [7, 11) is 1.09. The average molecular weight is 207 g/mol. The third-order valence-electron chi connectivity index (χ3n) is 1.64. The molecule has 0 saturated carbocycles. The predicted molar refractivity (Wildman–Crippen MR) is 57.5 cm³/mol.